The van der Waals surface area contributed by atoms with Gasteiger partial charge in [0, 0.05) is 18.3 Å². The fraction of sp³-hybridized carbons (Fsp3) is 0. The molecule has 0 radical (unpaired) electrons. The lowest BCUT2D eigenvalue weighted by atomic mass is 10.2. The third-order valence-corrected chi connectivity index (χ3v) is 1.96. The third-order valence-electron chi connectivity index (χ3n) is 1.96. The molecule has 1 heterocycles. The van der Waals surface area contributed by atoms with Gasteiger partial charge in [0.25, 0.3) is 5.69 Å². The molecule has 2 aromatic rings. The minimum absolute atomic E-state index is 0. The summed E-state index contributed by atoms with van der Waals surface area (Å²) in [6.07, 6.45) is 1.47. The second-order valence-electron chi connectivity index (χ2n) is 2.80. The summed E-state index contributed by atoms with van der Waals surface area (Å²) >= 11 is 0. The number of H-pyrrole nitrogens is 1. The number of rotatable bonds is 1. The number of nitrogens with one attached hydrogen (secondary N) is 1. The molecule has 6 heteroatoms. The number of fused-ring (bicyclic) bond motifs is 1. The van der Waals surface area contributed by atoms with Crippen LogP contribution in [-0.2, 0) is 0 Å². The lowest BCUT2D eigenvalue weighted by Crippen LogP contribution is -2.03. The molecule has 0 aliphatic carbocycles. The van der Waals surface area contributed by atoms with Gasteiger partial charge in [-0.1, -0.05) is 6.07 Å². The summed E-state index contributed by atoms with van der Waals surface area (Å²) in [7, 11) is 0. The summed E-state index contributed by atoms with van der Waals surface area (Å²) in [4.78, 5) is 24.2. The second kappa shape index (κ2) is 4.10. The van der Waals surface area contributed by atoms with Crippen LogP contribution in [0.2, 0.25) is 0 Å². The molecule has 1 aromatic carbocycles. The average molecular weight is 227 g/mol. The zero-order valence-corrected chi connectivity index (χ0v) is 8.28. The van der Waals surface area contributed by atoms with E-state index in [1.807, 2.05) is 0 Å². The topological polar surface area (TPSA) is 76.0 Å². The van der Waals surface area contributed by atoms with Gasteiger partial charge in [0.1, 0.15) is 5.39 Å². The highest BCUT2D eigenvalue weighted by Crippen LogP contribution is 2.19. The molecule has 0 fully saturated rings. The molecule has 0 aliphatic heterocycles. The Bertz CT molecular complexity index is 559. The molecule has 1 aromatic heterocycles. The van der Waals surface area contributed by atoms with Gasteiger partial charge in [-0.15, -0.1) is 12.4 Å². The SMILES string of the molecule is Cl.O=c1cc[nH]c2cccc([N+](=O)[O-])c12. The third kappa shape index (κ3) is 1.82. The number of aromatic amines is 1. The van der Waals surface area contributed by atoms with Gasteiger partial charge in [-0.05, 0) is 6.07 Å². The molecule has 0 aliphatic rings. The number of halogens is 1. The summed E-state index contributed by atoms with van der Waals surface area (Å²) in [6, 6.07) is 5.76. The number of benzene rings is 1. The Balaban J connectivity index is 0.00000112. The lowest BCUT2D eigenvalue weighted by Gasteiger charge is -1.97. The maximum atomic E-state index is 11.4. The highest BCUT2D eigenvalue weighted by molar-refractivity contribution is 5.87. The van der Waals surface area contributed by atoms with Gasteiger partial charge in [0.2, 0.25) is 0 Å². The molecule has 0 unspecified atom stereocenters. The van der Waals surface area contributed by atoms with E-state index in [9.17, 15) is 14.9 Å². The van der Waals surface area contributed by atoms with Crippen molar-refractivity contribution in [3.63, 3.8) is 0 Å². The molecule has 15 heavy (non-hydrogen) atoms. The van der Waals surface area contributed by atoms with Crippen LogP contribution in [-0.4, -0.2) is 9.91 Å². The Morgan fingerprint density at radius 2 is 2.00 bits per heavy atom. The van der Waals surface area contributed by atoms with E-state index in [4.69, 9.17) is 0 Å². The van der Waals surface area contributed by atoms with E-state index in [1.165, 1.54) is 24.4 Å². The van der Waals surface area contributed by atoms with Gasteiger partial charge in [0.15, 0.2) is 5.43 Å². The molecule has 0 bridgehead atoms. The number of nitrogens with zero attached hydrogens (tertiary/aromatic N) is 1. The van der Waals surface area contributed by atoms with Gasteiger partial charge in [-0.2, -0.15) is 0 Å². The molecule has 0 spiro atoms. The number of nitro benzene ring substituents is 1. The van der Waals surface area contributed by atoms with Crippen molar-refractivity contribution in [2.24, 2.45) is 0 Å². The second-order valence-corrected chi connectivity index (χ2v) is 2.80. The highest BCUT2D eigenvalue weighted by atomic mass is 35.5. The predicted molar refractivity (Wildman–Crippen MR) is 58.5 cm³/mol. The highest BCUT2D eigenvalue weighted by Gasteiger charge is 2.13. The summed E-state index contributed by atoms with van der Waals surface area (Å²) < 4.78 is 0. The maximum absolute atomic E-state index is 11.4. The van der Waals surface area contributed by atoms with Crippen molar-refractivity contribution in [2.45, 2.75) is 0 Å². The minimum atomic E-state index is -0.558. The number of hydrogen-bond acceptors (Lipinski definition) is 3. The van der Waals surface area contributed by atoms with Crippen LogP contribution in [0.3, 0.4) is 0 Å². The molecule has 2 rings (SSSR count). The fourth-order valence-corrected chi connectivity index (χ4v) is 1.36. The van der Waals surface area contributed by atoms with Crippen LogP contribution < -0.4 is 5.43 Å². The van der Waals surface area contributed by atoms with E-state index < -0.39 is 4.92 Å². The van der Waals surface area contributed by atoms with Gasteiger partial charge in [-0.3, -0.25) is 14.9 Å². The molecule has 0 amide bonds. The molecule has 0 atom stereocenters. The number of aromatic nitrogens is 1. The van der Waals surface area contributed by atoms with Crippen molar-refractivity contribution in [3.8, 4) is 0 Å². The summed E-state index contributed by atoms with van der Waals surface area (Å²) in [5, 5.41) is 10.7. The smallest absolute Gasteiger partial charge is 0.282 e. The molecule has 78 valence electrons. The molecule has 0 saturated carbocycles. The van der Waals surface area contributed by atoms with Crippen molar-refractivity contribution < 1.29 is 4.92 Å². The zero-order chi connectivity index (χ0) is 10.1. The minimum Gasteiger partial charge on any atom is -0.361 e. The summed E-state index contributed by atoms with van der Waals surface area (Å²) in [5.74, 6) is 0. The van der Waals surface area contributed by atoms with Gasteiger partial charge in [0.05, 0.1) is 10.4 Å². The Hall–Kier alpha value is -1.88. The first-order chi connectivity index (χ1) is 6.70. The van der Waals surface area contributed by atoms with E-state index in [-0.39, 0.29) is 28.9 Å². The Kier molecular flexibility index (Phi) is 3.06. The van der Waals surface area contributed by atoms with E-state index in [1.54, 1.807) is 6.07 Å². The van der Waals surface area contributed by atoms with Crippen molar-refractivity contribution >= 4 is 29.0 Å². The van der Waals surface area contributed by atoms with Crippen LogP contribution in [0.15, 0.2) is 35.3 Å². The fourth-order valence-electron chi connectivity index (χ4n) is 1.36. The van der Waals surface area contributed by atoms with Crippen LogP contribution in [0, 0.1) is 10.1 Å². The molecule has 0 saturated heterocycles. The first kappa shape index (κ1) is 11.2. The van der Waals surface area contributed by atoms with Crippen LogP contribution in [0.1, 0.15) is 0 Å². The van der Waals surface area contributed by atoms with Crippen molar-refractivity contribution in [1.82, 2.24) is 4.98 Å². The molecule has 5 nitrogen and oxygen atoms in total. The van der Waals surface area contributed by atoms with Crippen molar-refractivity contribution in [3.05, 3.63) is 50.8 Å². The predicted octanol–water partition coefficient (Wildman–Crippen LogP) is 1.86. The van der Waals surface area contributed by atoms with Gasteiger partial charge >= 0.3 is 0 Å². The quantitative estimate of drug-likeness (QED) is 0.596. The van der Waals surface area contributed by atoms with Gasteiger partial charge < -0.3 is 4.98 Å². The van der Waals surface area contributed by atoms with Crippen LogP contribution in [0.5, 0.6) is 0 Å². The zero-order valence-electron chi connectivity index (χ0n) is 7.47. The first-order valence-corrected chi connectivity index (χ1v) is 3.95. The van der Waals surface area contributed by atoms with Crippen LogP contribution in [0.4, 0.5) is 5.69 Å². The monoisotopic (exact) mass is 226 g/mol. The molecular formula is C9H7ClN2O3. The number of non-ortho nitro benzene ring substituents is 1. The summed E-state index contributed by atoms with van der Waals surface area (Å²) in [5.41, 5.74) is -0.0258. The van der Waals surface area contributed by atoms with Crippen LogP contribution >= 0.6 is 12.4 Å². The van der Waals surface area contributed by atoms with Crippen molar-refractivity contribution in [1.29, 1.82) is 0 Å². The van der Waals surface area contributed by atoms with E-state index in [0.717, 1.165) is 0 Å². The van der Waals surface area contributed by atoms with Crippen LogP contribution in [0.25, 0.3) is 10.9 Å². The Morgan fingerprint density at radius 1 is 1.27 bits per heavy atom. The standard InChI is InChI=1S/C9H6N2O3.ClH/c12-8-4-5-10-6-2-1-3-7(9(6)8)11(13)14;/h1-5H,(H,10,12);1H. The first-order valence-electron chi connectivity index (χ1n) is 3.95. The Labute approximate surface area is 90.3 Å². The van der Waals surface area contributed by atoms with Gasteiger partial charge in [-0.25, -0.2) is 0 Å². The normalized spacial score (nSPS) is 9.60. The van der Waals surface area contributed by atoms with E-state index in [2.05, 4.69) is 4.98 Å². The number of hydrogen-bond donors (Lipinski definition) is 1. The largest absolute Gasteiger partial charge is 0.361 e. The molecule has 1 N–H and O–H groups in total. The van der Waals surface area contributed by atoms with Crippen molar-refractivity contribution in [2.75, 3.05) is 0 Å². The summed E-state index contributed by atoms with van der Waals surface area (Å²) in [6.45, 7) is 0. The molecular weight excluding hydrogens is 220 g/mol. The number of pyridine rings is 1. The average Bonchev–Trinajstić information content (AvgIpc) is 2.17. The Morgan fingerprint density at radius 3 is 2.67 bits per heavy atom. The lowest BCUT2D eigenvalue weighted by molar-refractivity contribution is -0.383. The number of nitro groups is 1. The van der Waals surface area contributed by atoms with E-state index in [0.29, 0.717) is 5.52 Å². The maximum Gasteiger partial charge on any atom is 0.282 e. The van der Waals surface area contributed by atoms with E-state index >= 15 is 0 Å².